The molecule has 0 saturated carbocycles. The van der Waals surface area contributed by atoms with Crippen LogP contribution in [0.2, 0.25) is 0 Å². The summed E-state index contributed by atoms with van der Waals surface area (Å²) in [7, 11) is 0. The summed E-state index contributed by atoms with van der Waals surface area (Å²) in [5.41, 5.74) is 3.62. The van der Waals surface area contributed by atoms with Crippen molar-refractivity contribution in [1.29, 1.82) is 0 Å². The molecule has 0 aliphatic carbocycles. The summed E-state index contributed by atoms with van der Waals surface area (Å²) in [5, 5.41) is 5.73. The number of hydrogen-bond acceptors (Lipinski definition) is 2. The zero-order chi connectivity index (χ0) is 15.7. The van der Waals surface area contributed by atoms with Gasteiger partial charge in [0.1, 0.15) is 5.82 Å². The maximum absolute atomic E-state index is 13.9. The van der Waals surface area contributed by atoms with E-state index in [9.17, 15) is 9.18 Å². The molecule has 0 radical (unpaired) electrons. The van der Waals surface area contributed by atoms with E-state index in [1.54, 1.807) is 12.1 Å². The highest BCUT2D eigenvalue weighted by atomic mass is 32.1. The number of aromatic nitrogens is 1. The van der Waals surface area contributed by atoms with E-state index in [0.29, 0.717) is 23.4 Å². The van der Waals surface area contributed by atoms with Crippen molar-refractivity contribution in [1.82, 2.24) is 10.3 Å². The first-order chi connectivity index (χ1) is 10.6. The molecule has 3 nitrogen and oxygen atoms in total. The number of carbonyl (C=O) groups is 1. The van der Waals surface area contributed by atoms with Crippen LogP contribution >= 0.6 is 11.3 Å². The molecular formula is C17H17FN2OS. The summed E-state index contributed by atoms with van der Waals surface area (Å²) in [6.07, 6.45) is 0.674. The number of aryl methyl sites for hydroxylation is 2. The van der Waals surface area contributed by atoms with Gasteiger partial charge in [0.05, 0.1) is 10.4 Å². The normalized spacial score (nSPS) is 11.0. The Hall–Kier alpha value is -2.14. The predicted molar refractivity (Wildman–Crippen MR) is 88.1 cm³/mol. The zero-order valence-electron chi connectivity index (χ0n) is 12.5. The van der Waals surface area contributed by atoms with E-state index in [4.69, 9.17) is 0 Å². The number of H-pyrrole nitrogens is 1. The first-order valence-corrected chi connectivity index (χ1v) is 8.04. The van der Waals surface area contributed by atoms with Gasteiger partial charge in [0.15, 0.2) is 0 Å². The van der Waals surface area contributed by atoms with Crippen molar-refractivity contribution < 1.29 is 9.18 Å². The molecule has 5 heteroatoms. The Morgan fingerprint density at radius 1 is 1.32 bits per heavy atom. The number of benzene rings is 1. The Morgan fingerprint density at radius 3 is 2.86 bits per heavy atom. The fourth-order valence-electron chi connectivity index (χ4n) is 2.75. The van der Waals surface area contributed by atoms with Gasteiger partial charge in [0.25, 0.3) is 5.91 Å². The smallest absolute Gasteiger partial charge is 0.261 e. The zero-order valence-corrected chi connectivity index (χ0v) is 13.3. The van der Waals surface area contributed by atoms with Crippen molar-refractivity contribution in [3.05, 3.63) is 57.2 Å². The largest absolute Gasteiger partial charge is 0.356 e. The van der Waals surface area contributed by atoms with Crippen molar-refractivity contribution in [3.8, 4) is 0 Å². The second-order valence-electron chi connectivity index (χ2n) is 5.33. The van der Waals surface area contributed by atoms with E-state index in [1.165, 1.54) is 17.4 Å². The average Bonchev–Trinajstić information content (AvgIpc) is 3.12. The topological polar surface area (TPSA) is 44.9 Å². The highest BCUT2D eigenvalue weighted by Gasteiger charge is 2.14. The third-order valence-electron chi connectivity index (χ3n) is 3.84. The minimum atomic E-state index is -0.238. The predicted octanol–water partition coefficient (Wildman–Crippen LogP) is 3.96. The number of thiophene rings is 1. The Kier molecular flexibility index (Phi) is 3.98. The molecule has 0 fully saturated rings. The van der Waals surface area contributed by atoms with Crippen LogP contribution in [-0.4, -0.2) is 17.4 Å². The molecule has 1 amide bonds. The van der Waals surface area contributed by atoms with Crippen LogP contribution < -0.4 is 5.32 Å². The van der Waals surface area contributed by atoms with Gasteiger partial charge < -0.3 is 10.3 Å². The number of fused-ring (bicyclic) bond motifs is 1. The molecule has 0 unspecified atom stereocenters. The maximum Gasteiger partial charge on any atom is 0.261 e. The van der Waals surface area contributed by atoms with Crippen LogP contribution in [0.25, 0.3) is 10.9 Å². The third-order valence-corrected chi connectivity index (χ3v) is 4.70. The lowest BCUT2D eigenvalue weighted by Crippen LogP contribution is -2.24. The second kappa shape index (κ2) is 5.93. The second-order valence-corrected chi connectivity index (χ2v) is 6.27. The van der Waals surface area contributed by atoms with E-state index in [2.05, 4.69) is 10.3 Å². The van der Waals surface area contributed by atoms with E-state index < -0.39 is 0 Å². The summed E-state index contributed by atoms with van der Waals surface area (Å²) in [5.74, 6) is -0.298. The van der Waals surface area contributed by atoms with E-state index >= 15 is 0 Å². The summed E-state index contributed by atoms with van der Waals surface area (Å²) in [4.78, 5) is 15.8. The van der Waals surface area contributed by atoms with Crippen molar-refractivity contribution in [2.45, 2.75) is 20.3 Å². The lowest BCUT2D eigenvalue weighted by molar-refractivity contribution is 0.0958. The Balaban J connectivity index is 1.78. The van der Waals surface area contributed by atoms with Crippen molar-refractivity contribution in [3.63, 3.8) is 0 Å². The van der Waals surface area contributed by atoms with Crippen LogP contribution in [-0.2, 0) is 6.42 Å². The first-order valence-electron chi connectivity index (χ1n) is 7.16. The number of amides is 1. The van der Waals surface area contributed by atoms with Crippen molar-refractivity contribution in [2.24, 2.45) is 0 Å². The average molecular weight is 316 g/mol. The van der Waals surface area contributed by atoms with Crippen LogP contribution in [0.5, 0.6) is 0 Å². The van der Waals surface area contributed by atoms with Gasteiger partial charge in [-0.15, -0.1) is 11.3 Å². The number of rotatable bonds is 4. The summed E-state index contributed by atoms with van der Waals surface area (Å²) in [6, 6.07) is 6.93. The van der Waals surface area contributed by atoms with Gasteiger partial charge in [0.2, 0.25) is 0 Å². The van der Waals surface area contributed by atoms with Gasteiger partial charge in [-0.2, -0.15) is 0 Å². The minimum absolute atomic E-state index is 0.0598. The standard InChI is InChI=1S/C17H17FN2OS/c1-10-5-6-13(18)16-15(10)12(11(2)20-16)7-8-19-17(21)14-4-3-9-22-14/h3-6,9,20H,7-8H2,1-2H3,(H,19,21). The summed E-state index contributed by atoms with van der Waals surface area (Å²) >= 11 is 1.42. The van der Waals surface area contributed by atoms with Gasteiger partial charge in [0, 0.05) is 17.6 Å². The van der Waals surface area contributed by atoms with Gasteiger partial charge in [-0.1, -0.05) is 12.1 Å². The van der Waals surface area contributed by atoms with Gasteiger partial charge in [-0.3, -0.25) is 4.79 Å². The summed E-state index contributed by atoms with van der Waals surface area (Å²) in [6.45, 7) is 4.44. The Labute approximate surface area is 132 Å². The fraction of sp³-hybridized carbons (Fsp3) is 0.235. The lowest BCUT2D eigenvalue weighted by Gasteiger charge is -2.06. The molecule has 3 aromatic rings. The van der Waals surface area contributed by atoms with Gasteiger partial charge in [-0.25, -0.2) is 4.39 Å². The van der Waals surface area contributed by atoms with Gasteiger partial charge >= 0.3 is 0 Å². The lowest BCUT2D eigenvalue weighted by atomic mass is 10.0. The number of aromatic amines is 1. The molecule has 22 heavy (non-hydrogen) atoms. The van der Waals surface area contributed by atoms with Gasteiger partial charge in [-0.05, 0) is 48.9 Å². The molecule has 0 atom stereocenters. The van der Waals surface area contributed by atoms with E-state index in [-0.39, 0.29) is 11.7 Å². The molecule has 2 heterocycles. The molecule has 2 aromatic heterocycles. The third kappa shape index (κ3) is 2.64. The van der Waals surface area contributed by atoms with Crippen LogP contribution in [0.1, 0.15) is 26.5 Å². The quantitative estimate of drug-likeness (QED) is 0.752. The van der Waals surface area contributed by atoms with Crippen LogP contribution in [0.15, 0.2) is 29.6 Å². The molecule has 0 aliphatic heterocycles. The SMILES string of the molecule is Cc1[nH]c2c(F)ccc(C)c2c1CCNC(=O)c1cccs1. The molecule has 114 valence electrons. The number of hydrogen-bond donors (Lipinski definition) is 2. The minimum Gasteiger partial charge on any atom is -0.356 e. The molecule has 0 aliphatic rings. The number of carbonyl (C=O) groups excluding carboxylic acids is 1. The highest BCUT2D eigenvalue weighted by Crippen LogP contribution is 2.27. The molecule has 3 rings (SSSR count). The number of nitrogens with one attached hydrogen (secondary N) is 2. The highest BCUT2D eigenvalue weighted by molar-refractivity contribution is 7.12. The van der Waals surface area contributed by atoms with Crippen LogP contribution in [0, 0.1) is 19.7 Å². The Morgan fingerprint density at radius 2 is 2.14 bits per heavy atom. The molecule has 0 spiro atoms. The molecule has 0 saturated heterocycles. The molecule has 2 N–H and O–H groups in total. The van der Waals surface area contributed by atoms with E-state index in [1.807, 2.05) is 25.3 Å². The van der Waals surface area contributed by atoms with Crippen LogP contribution in [0.4, 0.5) is 4.39 Å². The van der Waals surface area contributed by atoms with Crippen LogP contribution in [0.3, 0.4) is 0 Å². The van der Waals surface area contributed by atoms with Crippen molar-refractivity contribution >= 4 is 28.1 Å². The fourth-order valence-corrected chi connectivity index (χ4v) is 3.39. The molecule has 1 aromatic carbocycles. The Bertz CT molecular complexity index is 821. The molecule has 0 bridgehead atoms. The molecular weight excluding hydrogens is 299 g/mol. The monoisotopic (exact) mass is 316 g/mol. The van der Waals surface area contributed by atoms with E-state index in [0.717, 1.165) is 22.2 Å². The number of halogens is 1. The first kappa shape index (κ1) is 14.8. The maximum atomic E-state index is 13.9. The summed E-state index contributed by atoms with van der Waals surface area (Å²) < 4.78 is 13.9. The van der Waals surface area contributed by atoms with Crippen molar-refractivity contribution in [2.75, 3.05) is 6.54 Å².